The molecule has 0 fully saturated rings. The standard InChI is InChI=1S/C21H20N4OS/c26-21(25-11-10-17-8-4-5-9-18(17)25)14-23-19-12-22-13-20(24-19)27-15-16-6-2-1-3-7-16/h1-9,12-13H,10-11,14-15H2,(H,23,24). The summed E-state index contributed by atoms with van der Waals surface area (Å²) < 4.78 is 0. The average Bonchev–Trinajstić information content (AvgIpc) is 3.16. The van der Waals surface area contributed by atoms with Gasteiger partial charge in [0.05, 0.1) is 18.9 Å². The quantitative estimate of drug-likeness (QED) is 0.664. The van der Waals surface area contributed by atoms with Gasteiger partial charge in [0.15, 0.2) is 0 Å². The van der Waals surface area contributed by atoms with Gasteiger partial charge in [0, 0.05) is 18.0 Å². The molecule has 27 heavy (non-hydrogen) atoms. The molecule has 136 valence electrons. The van der Waals surface area contributed by atoms with Gasteiger partial charge in [0.2, 0.25) is 5.91 Å². The number of nitrogens with zero attached hydrogens (tertiary/aromatic N) is 3. The summed E-state index contributed by atoms with van der Waals surface area (Å²) in [5.41, 5.74) is 3.48. The molecule has 6 heteroatoms. The maximum atomic E-state index is 12.6. The molecule has 0 saturated heterocycles. The van der Waals surface area contributed by atoms with Crippen molar-refractivity contribution in [2.24, 2.45) is 0 Å². The van der Waals surface area contributed by atoms with Gasteiger partial charge in [-0.2, -0.15) is 0 Å². The van der Waals surface area contributed by atoms with Gasteiger partial charge in [-0.05, 0) is 23.6 Å². The Morgan fingerprint density at radius 2 is 1.89 bits per heavy atom. The molecule has 1 amide bonds. The molecule has 0 atom stereocenters. The predicted octanol–water partition coefficient (Wildman–Crippen LogP) is 3.77. The lowest BCUT2D eigenvalue weighted by Gasteiger charge is -2.17. The van der Waals surface area contributed by atoms with Gasteiger partial charge in [-0.3, -0.25) is 9.78 Å². The molecule has 2 heterocycles. The van der Waals surface area contributed by atoms with E-state index in [1.807, 2.05) is 41.3 Å². The topological polar surface area (TPSA) is 58.1 Å². The Morgan fingerprint density at radius 1 is 1.07 bits per heavy atom. The number of thioether (sulfide) groups is 1. The number of nitrogens with one attached hydrogen (secondary N) is 1. The largest absolute Gasteiger partial charge is 0.360 e. The van der Waals surface area contributed by atoms with Gasteiger partial charge in [0.25, 0.3) is 0 Å². The van der Waals surface area contributed by atoms with Crippen molar-refractivity contribution >= 4 is 29.2 Å². The number of benzene rings is 2. The van der Waals surface area contributed by atoms with Crippen LogP contribution in [-0.2, 0) is 17.0 Å². The minimum Gasteiger partial charge on any atom is -0.360 e. The Hall–Kier alpha value is -2.86. The second-order valence-corrected chi connectivity index (χ2v) is 7.29. The van der Waals surface area contributed by atoms with E-state index in [4.69, 9.17) is 0 Å². The normalized spacial score (nSPS) is 12.7. The summed E-state index contributed by atoms with van der Waals surface area (Å²) in [5.74, 6) is 1.50. The number of carbonyl (C=O) groups is 1. The first-order valence-electron chi connectivity index (χ1n) is 8.90. The van der Waals surface area contributed by atoms with Crippen molar-refractivity contribution in [2.45, 2.75) is 17.2 Å². The second-order valence-electron chi connectivity index (χ2n) is 6.29. The lowest BCUT2D eigenvalue weighted by molar-refractivity contribution is -0.116. The molecule has 0 bridgehead atoms. The number of para-hydroxylation sites is 1. The Balaban J connectivity index is 1.34. The number of amides is 1. The first-order chi connectivity index (χ1) is 13.3. The van der Waals surface area contributed by atoms with Crippen molar-refractivity contribution in [2.75, 3.05) is 23.3 Å². The van der Waals surface area contributed by atoms with Crippen LogP contribution in [0, 0.1) is 0 Å². The van der Waals surface area contributed by atoms with Crippen LogP contribution in [0.15, 0.2) is 72.0 Å². The highest BCUT2D eigenvalue weighted by Crippen LogP contribution is 2.27. The van der Waals surface area contributed by atoms with Crippen molar-refractivity contribution in [1.82, 2.24) is 9.97 Å². The summed E-state index contributed by atoms with van der Waals surface area (Å²) in [6.07, 6.45) is 4.31. The summed E-state index contributed by atoms with van der Waals surface area (Å²) in [4.78, 5) is 23.2. The van der Waals surface area contributed by atoms with Crippen molar-refractivity contribution in [1.29, 1.82) is 0 Å². The first-order valence-corrected chi connectivity index (χ1v) is 9.89. The molecule has 0 saturated carbocycles. The molecule has 2 aromatic carbocycles. The zero-order valence-corrected chi connectivity index (χ0v) is 15.7. The molecule has 0 unspecified atom stereocenters. The van der Waals surface area contributed by atoms with Crippen LogP contribution < -0.4 is 10.2 Å². The molecule has 0 radical (unpaired) electrons. The van der Waals surface area contributed by atoms with E-state index in [0.717, 1.165) is 29.4 Å². The van der Waals surface area contributed by atoms with Crippen molar-refractivity contribution < 1.29 is 4.79 Å². The van der Waals surface area contributed by atoms with E-state index >= 15 is 0 Å². The van der Waals surface area contributed by atoms with E-state index in [2.05, 4.69) is 33.5 Å². The smallest absolute Gasteiger partial charge is 0.246 e. The average molecular weight is 376 g/mol. The number of hydrogen-bond donors (Lipinski definition) is 1. The SMILES string of the molecule is O=C(CNc1cncc(SCc2ccccc2)n1)N1CCc2ccccc21. The lowest BCUT2D eigenvalue weighted by atomic mass is 10.2. The van der Waals surface area contributed by atoms with Crippen molar-refractivity contribution in [3.8, 4) is 0 Å². The molecule has 0 aliphatic carbocycles. The van der Waals surface area contributed by atoms with Crippen LogP contribution in [0.25, 0.3) is 0 Å². The van der Waals surface area contributed by atoms with Crippen LogP contribution in [0.4, 0.5) is 11.5 Å². The number of aromatic nitrogens is 2. The summed E-state index contributed by atoms with van der Waals surface area (Å²) in [6.45, 7) is 0.939. The number of anilines is 2. The summed E-state index contributed by atoms with van der Waals surface area (Å²) in [6, 6.07) is 18.3. The van der Waals surface area contributed by atoms with Crippen LogP contribution in [0.2, 0.25) is 0 Å². The van der Waals surface area contributed by atoms with E-state index in [0.29, 0.717) is 5.82 Å². The van der Waals surface area contributed by atoms with Crippen LogP contribution >= 0.6 is 11.8 Å². The molecule has 3 aromatic rings. The molecule has 5 nitrogen and oxygen atoms in total. The van der Waals surface area contributed by atoms with Gasteiger partial charge in [-0.15, -0.1) is 11.8 Å². The summed E-state index contributed by atoms with van der Waals surface area (Å²) in [7, 11) is 0. The van der Waals surface area contributed by atoms with Crippen LogP contribution in [0.1, 0.15) is 11.1 Å². The molecule has 0 spiro atoms. The molecular weight excluding hydrogens is 356 g/mol. The Kier molecular flexibility index (Phi) is 5.34. The number of fused-ring (bicyclic) bond motifs is 1. The van der Waals surface area contributed by atoms with Crippen LogP contribution in [0.5, 0.6) is 0 Å². The lowest BCUT2D eigenvalue weighted by Crippen LogP contribution is -2.34. The number of carbonyl (C=O) groups excluding carboxylic acids is 1. The Bertz CT molecular complexity index is 932. The van der Waals surface area contributed by atoms with Crippen molar-refractivity contribution in [3.63, 3.8) is 0 Å². The number of hydrogen-bond acceptors (Lipinski definition) is 5. The highest BCUT2D eigenvalue weighted by atomic mass is 32.2. The highest BCUT2D eigenvalue weighted by molar-refractivity contribution is 7.98. The van der Waals surface area contributed by atoms with E-state index in [1.54, 1.807) is 24.2 Å². The van der Waals surface area contributed by atoms with E-state index in [1.165, 1.54) is 11.1 Å². The maximum absolute atomic E-state index is 12.6. The second kappa shape index (κ2) is 8.22. The fraction of sp³-hybridized carbons (Fsp3) is 0.190. The third-order valence-corrected chi connectivity index (χ3v) is 5.42. The predicted molar refractivity (Wildman–Crippen MR) is 109 cm³/mol. The number of rotatable bonds is 6. The molecule has 1 aliphatic heterocycles. The zero-order valence-electron chi connectivity index (χ0n) is 14.8. The van der Waals surface area contributed by atoms with E-state index in [9.17, 15) is 4.79 Å². The molecular formula is C21H20N4OS. The fourth-order valence-electron chi connectivity index (χ4n) is 3.09. The third kappa shape index (κ3) is 4.28. The van der Waals surface area contributed by atoms with Crippen molar-refractivity contribution in [3.05, 3.63) is 78.1 Å². The monoisotopic (exact) mass is 376 g/mol. The first kappa shape index (κ1) is 17.5. The fourth-order valence-corrected chi connectivity index (χ4v) is 3.90. The molecule has 1 N–H and O–H groups in total. The van der Waals surface area contributed by atoms with Gasteiger partial charge >= 0.3 is 0 Å². The van der Waals surface area contributed by atoms with Gasteiger partial charge < -0.3 is 10.2 Å². The van der Waals surface area contributed by atoms with Crippen LogP contribution in [-0.4, -0.2) is 29.0 Å². The highest BCUT2D eigenvalue weighted by Gasteiger charge is 2.23. The molecule has 1 aromatic heterocycles. The molecule has 1 aliphatic rings. The van der Waals surface area contributed by atoms with Gasteiger partial charge in [0.1, 0.15) is 10.8 Å². The van der Waals surface area contributed by atoms with Gasteiger partial charge in [-0.25, -0.2) is 4.98 Å². The van der Waals surface area contributed by atoms with Gasteiger partial charge in [-0.1, -0.05) is 48.5 Å². The Labute approximate surface area is 162 Å². The summed E-state index contributed by atoms with van der Waals surface area (Å²) in [5, 5.41) is 3.95. The zero-order chi connectivity index (χ0) is 18.5. The minimum absolute atomic E-state index is 0.0455. The summed E-state index contributed by atoms with van der Waals surface area (Å²) >= 11 is 1.63. The third-order valence-electron chi connectivity index (χ3n) is 4.45. The van der Waals surface area contributed by atoms with Crippen LogP contribution in [0.3, 0.4) is 0 Å². The minimum atomic E-state index is 0.0455. The van der Waals surface area contributed by atoms with E-state index in [-0.39, 0.29) is 12.5 Å². The Morgan fingerprint density at radius 3 is 2.78 bits per heavy atom. The molecule has 4 rings (SSSR count). The maximum Gasteiger partial charge on any atom is 0.246 e. The van der Waals surface area contributed by atoms with E-state index < -0.39 is 0 Å².